The van der Waals surface area contributed by atoms with Crippen molar-refractivity contribution in [3.63, 3.8) is 0 Å². The molecule has 2 heterocycles. The van der Waals surface area contributed by atoms with Gasteiger partial charge in [-0.1, -0.05) is 35.6 Å². The number of fused-ring (bicyclic) bond motifs is 1. The molecule has 0 saturated carbocycles. The lowest BCUT2D eigenvalue weighted by atomic mass is 10.1. The second kappa shape index (κ2) is 6.19. The average molecular weight is 367 g/mol. The highest BCUT2D eigenvalue weighted by Crippen LogP contribution is 2.33. The summed E-state index contributed by atoms with van der Waals surface area (Å²) in [4.78, 5) is 11.4. The first-order valence-corrected chi connectivity index (χ1v) is 8.51. The Labute approximate surface area is 151 Å². The Kier molecular flexibility index (Phi) is 3.85. The van der Waals surface area contributed by atoms with Crippen LogP contribution in [0.5, 0.6) is 5.75 Å². The number of ether oxygens (including phenoxy) is 1. The number of methoxy groups -OCH3 is 1. The maximum Gasteiger partial charge on any atom is 0.273 e. The van der Waals surface area contributed by atoms with Gasteiger partial charge in [0.1, 0.15) is 10.8 Å². The molecule has 4 aromatic rings. The van der Waals surface area contributed by atoms with E-state index in [9.17, 15) is 10.1 Å². The molecule has 0 aliphatic carbocycles. The van der Waals surface area contributed by atoms with Crippen LogP contribution in [0.1, 0.15) is 5.56 Å². The lowest BCUT2D eigenvalue weighted by molar-refractivity contribution is -0.385. The molecule has 0 saturated heterocycles. The fourth-order valence-electron chi connectivity index (χ4n) is 2.67. The number of benzene rings is 2. The smallest absolute Gasteiger partial charge is 0.273 e. The lowest BCUT2D eigenvalue weighted by Gasteiger charge is -2.04. The number of rotatable bonds is 4. The van der Waals surface area contributed by atoms with E-state index in [-0.39, 0.29) is 10.6 Å². The van der Waals surface area contributed by atoms with E-state index in [1.807, 2.05) is 30.3 Å². The van der Waals surface area contributed by atoms with Gasteiger partial charge in [0.05, 0.1) is 17.6 Å². The van der Waals surface area contributed by atoms with Crippen molar-refractivity contribution in [1.82, 2.24) is 19.8 Å². The summed E-state index contributed by atoms with van der Waals surface area (Å²) in [6.45, 7) is 1.71. The summed E-state index contributed by atoms with van der Waals surface area (Å²) in [5.41, 5.74) is 2.12. The van der Waals surface area contributed by atoms with Crippen molar-refractivity contribution in [2.75, 3.05) is 7.11 Å². The van der Waals surface area contributed by atoms with Crippen LogP contribution in [0.2, 0.25) is 0 Å². The summed E-state index contributed by atoms with van der Waals surface area (Å²) in [7, 11) is 1.59. The molecule has 0 unspecified atom stereocenters. The van der Waals surface area contributed by atoms with Crippen molar-refractivity contribution in [1.29, 1.82) is 0 Å². The zero-order valence-electron chi connectivity index (χ0n) is 13.9. The molecule has 8 nitrogen and oxygen atoms in total. The maximum absolute atomic E-state index is 11.2. The molecular weight excluding hydrogens is 354 g/mol. The van der Waals surface area contributed by atoms with Gasteiger partial charge in [0, 0.05) is 17.2 Å². The van der Waals surface area contributed by atoms with Crippen molar-refractivity contribution in [2.24, 2.45) is 0 Å². The molecule has 0 N–H and O–H groups in total. The van der Waals surface area contributed by atoms with E-state index in [4.69, 9.17) is 4.74 Å². The number of aromatic nitrogens is 4. The molecule has 130 valence electrons. The van der Waals surface area contributed by atoms with Crippen molar-refractivity contribution in [3.05, 3.63) is 58.1 Å². The third-order valence-corrected chi connectivity index (χ3v) is 4.94. The van der Waals surface area contributed by atoms with Crippen molar-refractivity contribution >= 4 is 22.0 Å². The van der Waals surface area contributed by atoms with E-state index in [1.54, 1.807) is 24.6 Å². The number of nitrogens with zero attached hydrogens (tertiary/aromatic N) is 5. The van der Waals surface area contributed by atoms with Gasteiger partial charge < -0.3 is 4.74 Å². The molecule has 4 rings (SSSR count). The van der Waals surface area contributed by atoms with Crippen LogP contribution < -0.4 is 4.74 Å². The number of nitro benzene ring substituents is 1. The summed E-state index contributed by atoms with van der Waals surface area (Å²) in [5.74, 6) is 1.23. The Morgan fingerprint density at radius 1 is 1.19 bits per heavy atom. The van der Waals surface area contributed by atoms with Crippen LogP contribution in [0.4, 0.5) is 5.69 Å². The molecule has 0 bridgehead atoms. The SMILES string of the molecule is COc1ccccc1-c1nnc2sc(-c3ccc(C)c([N+](=O)[O-])c3)nn12. The van der Waals surface area contributed by atoms with E-state index in [1.165, 1.54) is 17.4 Å². The van der Waals surface area contributed by atoms with E-state index < -0.39 is 0 Å². The highest BCUT2D eigenvalue weighted by atomic mass is 32.1. The van der Waals surface area contributed by atoms with E-state index in [0.717, 1.165) is 5.56 Å². The van der Waals surface area contributed by atoms with Gasteiger partial charge in [-0.25, -0.2) is 0 Å². The van der Waals surface area contributed by atoms with Gasteiger partial charge in [0.15, 0.2) is 5.82 Å². The van der Waals surface area contributed by atoms with E-state index >= 15 is 0 Å². The molecule has 2 aromatic heterocycles. The molecule has 0 spiro atoms. The highest BCUT2D eigenvalue weighted by molar-refractivity contribution is 7.19. The first kappa shape index (κ1) is 16.2. The Bertz CT molecular complexity index is 1130. The monoisotopic (exact) mass is 367 g/mol. The van der Waals surface area contributed by atoms with E-state index in [0.29, 0.717) is 32.7 Å². The molecule has 0 radical (unpaired) electrons. The normalized spacial score (nSPS) is 11.0. The molecule has 0 aliphatic heterocycles. The van der Waals surface area contributed by atoms with Gasteiger partial charge in [-0.05, 0) is 19.1 Å². The summed E-state index contributed by atoms with van der Waals surface area (Å²) >= 11 is 1.32. The standard InChI is InChI=1S/C17H13N5O3S/c1-10-7-8-11(9-13(10)22(23)24)16-20-21-15(18-19-17(21)26-16)12-5-3-4-6-14(12)25-2/h3-9H,1-2H3. The number of hydrogen-bond donors (Lipinski definition) is 0. The first-order valence-electron chi connectivity index (χ1n) is 7.69. The topological polar surface area (TPSA) is 95.5 Å². The van der Waals surface area contributed by atoms with Crippen LogP contribution in [0, 0.1) is 17.0 Å². The molecular formula is C17H13N5O3S. The quantitative estimate of drug-likeness (QED) is 0.403. The summed E-state index contributed by atoms with van der Waals surface area (Å²) in [6.07, 6.45) is 0. The third-order valence-electron chi connectivity index (χ3n) is 3.99. The molecule has 2 aromatic carbocycles. The fourth-order valence-corrected chi connectivity index (χ4v) is 3.51. The van der Waals surface area contributed by atoms with Crippen LogP contribution in [-0.4, -0.2) is 31.8 Å². The minimum Gasteiger partial charge on any atom is -0.496 e. The van der Waals surface area contributed by atoms with Crippen molar-refractivity contribution in [2.45, 2.75) is 6.92 Å². The third kappa shape index (κ3) is 2.58. The maximum atomic E-state index is 11.2. The van der Waals surface area contributed by atoms with Gasteiger partial charge in [-0.3, -0.25) is 10.1 Å². The Morgan fingerprint density at radius 3 is 2.77 bits per heavy atom. The Balaban J connectivity index is 1.84. The van der Waals surface area contributed by atoms with Gasteiger partial charge in [-0.15, -0.1) is 10.2 Å². The van der Waals surface area contributed by atoms with E-state index in [2.05, 4.69) is 15.3 Å². The summed E-state index contributed by atoms with van der Waals surface area (Å²) in [5, 5.41) is 24.7. The summed E-state index contributed by atoms with van der Waals surface area (Å²) < 4.78 is 7.01. The first-order chi connectivity index (χ1) is 12.6. The minimum absolute atomic E-state index is 0.0680. The number of nitro groups is 1. The molecule has 26 heavy (non-hydrogen) atoms. The largest absolute Gasteiger partial charge is 0.496 e. The van der Waals surface area contributed by atoms with Gasteiger partial charge in [-0.2, -0.15) is 9.61 Å². The van der Waals surface area contributed by atoms with Crippen LogP contribution in [0.15, 0.2) is 42.5 Å². The van der Waals surface area contributed by atoms with Crippen LogP contribution in [-0.2, 0) is 0 Å². The second-order valence-electron chi connectivity index (χ2n) is 5.58. The molecule has 0 amide bonds. The molecule has 0 fully saturated rings. The van der Waals surface area contributed by atoms with Crippen LogP contribution in [0.3, 0.4) is 0 Å². The minimum atomic E-state index is -0.390. The molecule has 0 atom stereocenters. The fraction of sp³-hybridized carbons (Fsp3) is 0.118. The van der Waals surface area contributed by atoms with Gasteiger partial charge in [0.25, 0.3) is 5.69 Å². The number of aryl methyl sites for hydroxylation is 1. The zero-order valence-corrected chi connectivity index (χ0v) is 14.7. The molecule has 9 heteroatoms. The lowest BCUT2D eigenvalue weighted by Crippen LogP contribution is -1.95. The Morgan fingerprint density at radius 2 is 2.00 bits per heavy atom. The zero-order chi connectivity index (χ0) is 18.3. The summed E-state index contributed by atoms with van der Waals surface area (Å²) in [6, 6.07) is 12.5. The van der Waals surface area contributed by atoms with Crippen LogP contribution in [0.25, 0.3) is 26.9 Å². The predicted octanol–water partition coefficient (Wildman–Crippen LogP) is 3.75. The van der Waals surface area contributed by atoms with Gasteiger partial charge in [0.2, 0.25) is 4.96 Å². The average Bonchev–Trinajstić information content (AvgIpc) is 3.22. The van der Waals surface area contributed by atoms with Gasteiger partial charge >= 0.3 is 0 Å². The number of hydrogen-bond acceptors (Lipinski definition) is 7. The predicted molar refractivity (Wildman–Crippen MR) is 97.5 cm³/mol. The highest BCUT2D eigenvalue weighted by Gasteiger charge is 2.19. The van der Waals surface area contributed by atoms with Crippen LogP contribution >= 0.6 is 11.3 Å². The Hall–Kier alpha value is -3.33. The number of para-hydroxylation sites is 1. The van der Waals surface area contributed by atoms with Crippen molar-refractivity contribution < 1.29 is 9.66 Å². The molecule has 0 aliphatic rings. The second-order valence-corrected chi connectivity index (χ2v) is 6.54. The van der Waals surface area contributed by atoms with Crippen molar-refractivity contribution in [3.8, 4) is 27.7 Å².